The van der Waals surface area contributed by atoms with Crippen LogP contribution in [-0.2, 0) is 34.1 Å². The lowest BCUT2D eigenvalue weighted by Crippen LogP contribution is -2.34. The van der Waals surface area contributed by atoms with Crippen molar-refractivity contribution in [3.8, 4) is 18.1 Å². The third kappa shape index (κ3) is 7.23. The van der Waals surface area contributed by atoms with Crippen molar-refractivity contribution in [2.24, 2.45) is 5.41 Å². The van der Waals surface area contributed by atoms with Crippen molar-refractivity contribution in [3.63, 3.8) is 0 Å². The van der Waals surface area contributed by atoms with Crippen LogP contribution in [0.15, 0.2) is 72.8 Å². The Morgan fingerprint density at radius 3 is 2.31 bits per heavy atom. The minimum absolute atomic E-state index is 0.114. The van der Waals surface area contributed by atoms with Crippen molar-refractivity contribution >= 4 is 5.97 Å². The van der Waals surface area contributed by atoms with E-state index in [1.807, 2.05) is 68.4 Å². The molecule has 3 aromatic carbocycles. The van der Waals surface area contributed by atoms with Gasteiger partial charge in [-0.25, -0.2) is 0 Å². The maximum absolute atomic E-state index is 13.3. The van der Waals surface area contributed by atoms with Crippen molar-refractivity contribution < 1.29 is 19.0 Å². The topological polar surface area (TPSA) is 44.8 Å². The van der Waals surface area contributed by atoms with Crippen molar-refractivity contribution in [3.05, 3.63) is 101 Å². The zero-order chi connectivity index (χ0) is 26.0. The van der Waals surface area contributed by atoms with Crippen LogP contribution in [0.5, 0.6) is 5.75 Å². The van der Waals surface area contributed by atoms with Gasteiger partial charge in [0.2, 0.25) is 0 Å². The minimum atomic E-state index is -0.772. The normalized spacial score (nSPS) is 12.0. The number of carbonyl (C=O) groups is 1. The van der Waals surface area contributed by atoms with Crippen LogP contribution in [0.1, 0.15) is 60.4 Å². The van der Waals surface area contributed by atoms with Crippen LogP contribution < -0.4 is 4.74 Å². The van der Waals surface area contributed by atoms with Gasteiger partial charge in [-0.05, 0) is 61.6 Å². The number of rotatable bonds is 12. The monoisotopic (exact) mass is 484 g/mol. The van der Waals surface area contributed by atoms with Crippen LogP contribution in [0.3, 0.4) is 0 Å². The number of aryl methyl sites for hydroxylation is 1. The molecule has 0 aliphatic rings. The second kappa shape index (κ2) is 13.0. The van der Waals surface area contributed by atoms with Gasteiger partial charge in [0, 0.05) is 12.3 Å². The lowest BCUT2D eigenvalue weighted by molar-refractivity contribution is -0.156. The van der Waals surface area contributed by atoms with E-state index in [0.29, 0.717) is 26.1 Å². The van der Waals surface area contributed by atoms with E-state index in [9.17, 15) is 4.79 Å². The van der Waals surface area contributed by atoms with E-state index in [-0.39, 0.29) is 18.5 Å². The molecule has 188 valence electrons. The molecular formula is C32H36O4. The molecule has 0 N–H and O–H groups in total. The number of hydrogen-bond acceptors (Lipinski definition) is 4. The SMILES string of the molecule is C#CCCC(c1ccc(C)cc1COCc1ccc(OC)cc1)C(C)(C)C(=O)OCc1ccccc1. The molecule has 0 saturated heterocycles. The first-order valence-electron chi connectivity index (χ1n) is 12.3. The molecule has 36 heavy (non-hydrogen) atoms. The molecule has 0 fully saturated rings. The van der Waals surface area contributed by atoms with Crippen LogP contribution in [0.2, 0.25) is 0 Å². The third-order valence-corrected chi connectivity index (χ3v) is 6.55. The number of terminal acetylenes is 1. The molecule has 3 rings (SSSR count). The third-order valence-electron chi connectivity index (χ3n) is 6.55. The highest BCUT2D eigenvalue weighted by atomic mass is 16.5. The Balaban J connectivity index is 1.79. The molecule has 1 atom stereocenters. The van der Waals surface area contributed by atoms with Gasteiger partial charge in [-0.2, -0.15) is 0 Å². The standard InChI is InChI=1S/C32H36O4/c1-6-7-13-30(32(3,4)31(33)36-22-25-11-9-8-10-12-25)29-19-14-24(2)20-27(29)23-35-21-26-15-17-28(34-5)18-16-26/h1,8-12,14-20,30H,7,13,21-23H2,2-5H3. The van der Waals surface area contributed by atoms with Gasteiger partial charge in [-0.3, -0.25) is 4.79 Å². The summed E-state index contributed by atoms with van der Waals surface area (Å²) < 4.78 is 17.1. The fraction of sp³-hybridized carbons (Fsp3) is 0.344. The summed E-state index contributed by atoms with van der Waals surface area (Å²) in [5.74, 6) is 3.21. The molecule has 0 radical (unpaired) electrons. The van der Waals surface area contributed by atoms with Crippen LogP contribution >= 0.6 is 0 Å². The van der Waals surface area contributed by atoms with Crippen LogP contribution in [-0.4, -0.2) is 13.1 Å². The molecule has 4 nitrogen and oxygen atoms in total. The molecule has 0 spiro atoms. The van der Waals surface area contributed by atoms with E-state index in [0.717, 1.165) is 33.6 Å². The van der Waals surface area contributed by atoms with E-state index in [1.165, 1.54) is 0 Å². The summed E-state index contributed by atoms with van der Waals surface area (Å²) in [5, 5.41) is 0. The number of hydrogen-bond donors (Lipinski definition) is 0. The number of carbonyl (C=O) groups excluding carboxylic acids is 1. The first kappa shape index (κ1) is 27.0. The van der Waals surface area contributed by atoms with Gasteiger partial charge in [0.25, 0.3) is 0 Å². The van der Waals surface area contributed by atoms with Gasteiger partial charge in [0.05, 0.1) is 25.7 Å². The molecule has 1 unspecified atom stereocenters. The van der Waals surface area contributed by atoms with Gasteiger partial charge in [-0.1, -0.05) is 66.2 Å². The van der Waals surface area contributed by atoms with E-state index in [1.54, 1.807) is 7.11 Å². The highest BCUT2D eigenvalue weighted by Crippen LogP contribution is 2.42. The fourth-order valence-electron chi connectivity index (χ4n) is 4.38. The molecule has 0 aliphatic carbocycles. The average Bonchev–Trinajstić information content (AvgIpc) is 2.89. The van der Waals surface area contributed by atoms with Crippen molar-refractivity contribution in [1.82, 2.24) is 0 Å². The van der Waals surface area contributed by atoms with Gasteiger partial charge in [0.1, 0.15) is 12.4 Å². The molecule has 0 amide bonds. The summed E-state index contributed by atoms with van der Waals surface area (Å²) >= 11 is 0. The maximum atomic E-state index is 13.3. The van der Waals surface area contributed by atoms with E-state index < -0.39 is 5.41 Å². The Hall–Kier alpha value is -3.55. The zero-order valence-corrected chi connectivity index (χ0v) is 21.8. The van der Waals surface area contributed by atoms with Gasteiger partial charge < -0.3 is 14.2 Å². The molecule has 0 bridgehead atoms. The molecule has 0 aliphatic heterocycles. The van der Waals surface area contributed by atoms with Crippen LogP contribution in [0.25, 0.3) is 0 Å². The lowest BCUT2D eigenvalue weighted by Gasteiger charge is -2.34. The van der Waals surface area contributed by atoms with E-state index in [2.05, 4.69) is 31.0 Å². The first-order valence-corrected chi connectivity index (χ1v) is 12.3. The minimum Gasteiger partial charge on any atom is -0.497 e. The summed E-state index contributed by atoms with van der Waals surface area (Å²) in [6.45, 7) is 7.12. The predicted octanol–water partition coefficient (Wildman–Crippen LogP) is 6.99. The van der Waals surface area contributed by atoms with Crippen LogP contribution in [0, 0.1) is 24.7 Å². The Morgan fingerprint density at radius 2 is 1.64 bits per heavy atom. The Labute approximate surface area is 215 Å². The molecule has 0 aromatic heterocycles. The molecule has 0 heterocycles. The molecule has 4 heteroatoms. The smallest absolute Gasteiger partial charge is 0.312 e. The summed E-state index contributed by atoms with van der Waals surface area (Å²) in [7, 11) is 1.65. The van der Waals surface area contributed by atoms with Crippen LogP contribution in [0.4, 0.5) is 0 Å². The lowest BCUT2D eigenvalue weighted by atomic mass is 9.71. The summed E-state index contributed by atoms with van der Waals surface area (Å²) in [4.78, 5) is 13.3. The number of esters is 1. The summed E-state index contributed by atoms with van der Waals surface area (Å²) in [6.07, 6.45) is 6.89. The predicted molar refractivity (Wildman–Crippen MR) is 143 cm³/mol. The van der Waals surface area contributed by atoms with Gasteiger partial charge in [-0.15, -0.1) is 12.3 Å². The van der Waals surface area contributed by atoms with Gasteiger partial charge >= 0.3 is 5.97 Å². The second-order valence-electron chi connectivity index (χ2n) is 9.62. The number of benzene rings is 3. The highest BCUT2D eigenvalue weighted by molar-refractivity contribution is 5.77. The fourth-order valence-corrected chi connectivity index (χ4v) is 4.38. The number of ether oxygens (including phenoxy) is 3. The first-order chi connectivity index (χ1) is 17.3. The van der Waals surface area contributed by atoms with Gasteiger partial charge in [0.15, 0.2) is 0 Å². The number of methoxy groups -OCH3 is 1. The van der Waals surface area contributed by atoms with E-state index in [4.69, 9.17) is 20.6 Å². The van der Waals surface area contributed by atoms with E-state index >= 15 is 0 Å². The Bertz CT molecular complexity index is 1160. The maximum Gasteiger partial charge on any atom is 0.312 e. The molecule has 0 saturated carbocycles. The quantitative estimate of drug-likeness (QED) is 0.205. The highest BCUT2D eigenvalue weighted by Gasteiger charge is 2.39. The van der Waals surface area contributed by atoms with Crippen molar-refractivity contribution in [1.29, 1.82) is 0 Å². The Kier molecular flexibility index (Phi) is 9.73. The largest absolute Gasteiger partial charge is 0.497 e. The molecular weight excluding hydrogens is 448 g/mol. The van der Waals surface area contributed by atoms with Crippen molar-refractivity contribution in [2.45, 2.75) is 59.4 Å². The summed E-state index contributed by atoms with van der Waals surface area (Å²) in [5.41, 5.74) is 4.54. The average molecular weight is 485 g/mol. The summed E-state index contributed by atoms with van der Waals surface area (Å²) in [6, 6.07) is 23.9. The van der Waals surface area contributed by atoms with Crippen molar-refractivity contribution in [2.75, 3.05) is 7.11 Å². The molecule has 3 aromatic rings. The zero-order valence-electron chi connectivity index (χ0n) is 21.8. The second-order valence-corrected chi connectivity index (χ2v) is 9.62. The Morgan fingerprint density at radius 1 is 0.944 bits per heavy atom.